The van der Waals surface area contributed by atoms with Crippen molar-refractivity contribution in [2.45, 2.75) is 20.1 Å². The predicted octanol–water partition coefficient (Wildman–Crippen LogP) is 3.11. The average molecular weight is 264 g/mol. The summed E-state index contributed by atoms with van der Waals surface area (Å²) in [6.45, 7) is 2.14. The van der Waals surface area contributed by atoms with Gasteiger partial charge in [0.25, 0.3) is 0 Å². The Kier molecular flexibility index (Phi) is 4.18. The van der Waals surface area contributed by atoms with E-state index in [1.807, 2.05) is 43.3 Å². The van der Waals surface area contributed by atoms with E-state index in [1.165, 1.54) is 0 Å². The third-order valence-corrected chi connectivity index (χ3v) is 2.74. The van der Waals surface area contributed by atoms with Crippen LogP contribution in [0.4, 0.5) is 0 Å². The molecule has 2 rings (SSSR count). The first-order valence-electron chi connectivity index (χ1n) is 5.63. The van der Waals surface area contributed by atoms with Crippen molar-refractivity contribution in [3.63, 3.8) is 0 Å². The Hall–Kier alpha value is -1.58. The van der Waals surface area contributed by atoms with Crippen LogP contribution < -0.4 is 4.74 Å². The maximum atomic E-state index is 9.22. The van der Waals surface area contributed by atoms with Gasteiger partial charge in [-0.3, -0.25) is 4.98 Å². The van der Waals surface area contributed by atoms with E-state index in [1.54, 1.807) is 0 Å². The summed E-state index contributed by atoms with van der Waals surface area (Å²) in [5, 5.41) is 9.90. The molecule has 0 saturated carbocycles. The summed E-state index contributed by atoms with van der Waals surface area (Å²) in [7, 11) is 0. The van der Waals surface area contributed by atoms with E-state index < -0.39 is 0 Å². The molecule has 1 heterocycles. The molecule has 4 heteroatoms. The number of hydrogen-bond acceptors (Lipinski definition) is 3. The van der Waals surface area contributed by atoms with Crippen LogP contribution in [0.1, 0.15) is 17.0 Å². The second kappa shape index (κ2) is 5.85. The lowest BCUT2D eigenvalue weighted by Crippen LogP contribution is -2.01. The zero-order chi connectivity index (χ0) is 13.0. The van der Waals surface area contributed by atoms with Gasteiger partial charge in [-0.05, 0) is 36.8 Å². The molecule has 0 fully saturated rings. The molecule has 1 aromatic carbocycles. The summed E-state index contributed by atoms with van der Waals surface area (Å²) in [6, 6.07) is 11.2. The summed E-state index contributed by atoms with van der Waals surface area (Å²) in [6.07, 6.45) is 0. The first kappa shape index (κ1) is 12.9. The van der Waals surface area contributed by atoms with Crippen molar-refractivity contribution in [3.05, 3.63) is 58.4 Å². The van der Waals surface area contributed by atoms with Gasteiger partial charge in [0.15, 0.2) is 0 Å². The molecule has 0 aliphatic carbocycles. The third kappa shape index (κ3) is 3.22. The van der Waals surface area contributed by atoms with Crippen LogP contribution in [-0.4, -0.2) is 10.1 Å². The molecule has 0 aliphatic heterocycles. The number of aliphatic hydroxyl groups excluding tert-OH is 1. The van der Waals surface area contributed by atoms with Crippen molar-refractivity contribution < 1.29 is 9.84 Å². The number of aromatic nitrogens is 1. The number of halogens is 1. The van der Waals surface area contributed by atoms with Gasteiger partial charge in [-0.2, -0.15) is 0 Å². The molecule has 0 spiro atoms. The fourth-order valence-corrected chi connectivity index (χ4v) is 1.84. The molecule has 18 heavy (non-hydrogen) atoms. The van der Waals surface area contributed by atoms with Crippen molar-refractivity contribution in [2.75, 3.05) is 0 Å². The molecule has 0 radical (unpaired) electrons. The van der Waals surface area contributed by atoms with E-state index in [4.69, 9.17) is 16.3 Å². The van der Waals surface area contributed by atoms with E-state index in [0.717, 1.165) is 11.3 Å². The average Bonchev–Trinajstić information content (AvgIpc) is 2.37. The van der Waals surface area contributed by atoms with Crippen LogP contribution in [0.3, 0.4) is 0 Å². The normalized spacial score (nSPS) is 10.4. The van der Waals surface area contributed by atoms with Gasteiger partial charge in [-0.25, -0.2) is 0 Å². The second-order valence-corrected chi connectivity index (χ2v) is 4.41. The standard InChI is InChI=1S/C14H14ClNO2/c1-10-5-6-14(13(8-17)16-10)18-9-11-3-2-4-12(15)7-11/h2-7,17H,8-9H2,1H3. The molecule has 94 valence electrons. The zero-order valence-electron chi connectivity index (χ0n) is 10.1. The molecule has 2 aromatic rings. The monoisotopic (exact) mass is 263 g/mol. The summed E-state index contributed by atoms with van der Waals surface area (Å²) >= 11 is 5.90. The highest BCUT2D eigenvalue weighted by atomic mass is 35.5. The Labute approximate surface area is 111 Å². The molecule has 0 saturated heterocycles. The van der Waals surface area contributed by atoms with Crippen LogP contribution in [0.15, 0.2) is 36.4 Å². The van der Waals surface area contributed by atoms with Crippen LogP contribution in [-0.2, 0) is 13.2 Å². The molecule has 0 atom stereocenters. The summed E-state index contributed by atoms with van der Waals surface area (Å²) < 4.78 is 5.64. The third-order valence-electron chi connectivity index (χ3n) is 2.50. The number of aliphatic hydroxyl groups is 1. The first-order valence-corrected chi connectivity index (χ1v) is 6.01. The predicted molar refractivity (Wildman–Crippen MR) is 70.7 cm³/mol. The van der Waals surface area contributed by atoms with E-state index in [9.17, 15) is 5.11 Å². The van der Waals surface area contributed by atoms with Crippen molar-refractivity contribution in [3.8, 4) is 5.75 Å². The molecule has 0 amide bonds. The number of nitrogens with zero attached hydrogens (tertiary/aromatic N) is 1. The largest absolute Gasteiger partial charge is 0.487 e. The zero-order valence-corrected chi connectivity index (χ0v) is 10.8. The Bertz CT molecular complexity index is 543. The lowest BCUT2D eigenvalue weighted by atomic mass is 10.2. The Morgan fingerprint density at radius 2 is 2.11 bits per heavy atom. The topological polar surface area (TPSA) is 42.4 Å². The minimum Gasteiger partial charge on any atom is -0.487 e. The van der Waals surface area contributed by atoms with Crippen molar-refractivity contribution in [1.82, 2.24) is 4.98 Å². The van der Waals surface area contributed by atoms with Crippen LogP contribution >= 0.6 is 11.6 Å². The van der Waals surface area contributed by atoms with Gasteiger partial charge in [0.1, 0.15) is 18.1 Å². The second-order valence-electron chi connectivity index (χ2n) is 3.97. The SMILES string of the molecule is Cc1ccc(OCc2cccc(Cl)c2)c(CO)n1. The molecule has 0 aliphatic rings. The smallest absolute Gasteiger partial charge is 0.143 e. The Morgan fingerprint density at radius 3 is 2.83 bits per heavy atom. The molecular formula is C14H14ClNO2. The fourth-order valence-electron chi connectivity index (χ4n) is 1.63. The minimum absolute atomic E-state index is 0.132. The minimum atomic E-state index is -0.132. The van der Waals surface area contributed by atoms with Crippen molar-refractivity contribution >= 4 is 11.6 Å². The number of ether oxygens (including phenoxy) is 1. The van der Waals surface area contributed by atoms with Crippen molar-refractivity contribution in [2.24, 2.45) is 0 Å². The lowest BCUT2D eigenvalue weighted by molar-refractivity contribution is 0.253. The van der Waals surface area contributed by atoms with Gasteiger partial charge in [-0.15, -0.1) is 0 Å². The molecular weight excluding hydrogens is 250 g/mol. The van der Waals surface area contributed by atoms with Gasteiger partial charge < -0.3 is 9.84 Å². The van der Waals surface area contributed by atoms with Gasteiger partial charge in [0, 0.05) is 10.7 Å². The van der Waals surface area contributed by atoms with E-state index >= 15 is 0 Å². The Balaban J connectivity index is 2.10. The first-order chi connectivity index (χ1) is 8.69. The molecule has 1 aromatic heterocycles. The maximum Gasteiger partial charge on any atom is 0.143 e. The van der Waals surface area contributed by atoms with E-state index in [0.29, 0.717) is 23.1 Å². The Morgan fingerprint density at radius 1 is 1.28 bits per heavy atom. The number of rotatable bonds is 4. The fraction of sp³-hybridized carbons (Fsp3) is 0.214. The van der Waals surface area contributed by atoms with Gasteiger partial charge in [-0.1, -0.05) is 23.7 Å². The molecule has 3 nitrogen and oxygen atoms in total. The lowest BCUT2D eigenvalue weighted by Gasteiger charge is -2.10. The molecule has 0 bridgehead atoms. The van der Waals surface area contributed by atoms with Crippen LogP contribution in [0.2, 0.25) is 5.02 Å². The summed E-state index contributed by atoms with van der Waals surface area (Å²) in [4.78, 5) is 4.22. The van der Waals surface area contributed by atoms with Gasteiger partial charge >= 0.3 is 0 Å². The maximum absolute atomic E-state index is 9.22. The van der Waals surface area contributed by atoms with Crippen molar-refractivity contribution in [1.29, 1.82) is 0 Å². The number of benzene rings is 1. The number of aryl methyl sites for hydroxylation is 1. The molecule has 0 unspecified atom stereocenters. The highest BCUT2D eigenvalue weighted by Crippen LogP contribution is 2.19. The van der Waals surface area contributed by atoms with Gasteiger partial charge in [0.05, 0.1) is 6.61 Å². The summed E-state index contributed by atoms with van der Waals surface area (Å²) in [5.74, 6) is 0.600. The van der Waals surface area contributed by atoms with Gasteiger partial charge in [0.2, 0.25) is 0 Å². The quantitative estimate of drug-likeness (QED) is 0.922. The van der Waals surface area contributed by atoms with E-state index in [-0.39, 0.29) is 6.61 Å². The van der Waals surface area contributed by atoms with Crippen LogP contribution in [0, 0.1) is 6.92 Å². The van der Waals surface area contributed by atoms with Crippen LogP contribution in [0.5, 0.6) is 5.75 Å². The van der Waals surface area contributed by atoms with E-state index in [2.05, 4.69) is 4.98 Å². The summed E-state index contributed by atoms with van der Waals surface area (Å²) in [5.41, 5.74) is 2.39. The van der Waals surface area contributed by atoms with Crippen LogP contribution in [0.25, 0.3) is 0 Å². The number of pyridine rings is 1. The number of hydrogen-bond donors (Lipinski definition) is 1. The highest BCUT2D eigenvalue weighted by Gasteiger charge is 2.05. The highest BCUT2D eigenvalue weighted by molar-refractivity contribution is 6.30. The molecule has 1 N–H and O–H groups in total.